The molecule has 0 saturated carbocycles. The van der Waals surface area contributed by atoms with Crippen LogP contribution in [0.25, 0.3) is 16.8 Å². The van der Waals surface area contributed by atoms with E-state index in [1.807, 2.05) is 6.92 Å². The first-order valence-electron chi connectivity index (χ1n) is 9.35. The van der Waals surface area contributed by atoms with E-state index in [4.69, 9.17) is 0 Å². The van der Waals surface area contributed by atoms with Crippen LogP contribution in [0.5, 0.6) is 5.75 Å². The van der Waals surface area contributed by atoms with Gasteiger partial charge in [0.25, 0.3) is 5.56 Å². The molecule has 0 fully saturated rings. The van der Waals surface area contributed by atoms with Gasteiger partial charge in [0.05, 0.1) is 5.69 Å². The molecule has 0 bridgehead atoms. The molecular formula is C22H18F4N2O3. The van der Waals surface area contributed by atoms with Gasteiger partial charge in [-0.25, -0.2) is 4.39 Å². The summed E-state index contributed by atoms with van der Waals surface area (Å²) in [6.45, 7) is 1.84. The number of ether oxygens (including phenoxy) is 1. The fourth-order valence-electron chi connectivity index (χ4n) is 2.95. The van der Waals surface area contributed by atoms with Crippen LogP contribution in [0.2, 0.25) is 0 Å². The number of carbonyl (C=O) groups is 1. The second kappa shape index (κ2) is 9.03. The van der Waals surface area contributed by atoms with Crippen LogP contribution in [0.15, 0.2) is 65.6 Å². The number of nitrogens with one attached hydrogen (secondary N) is 1. The second-order valence-corrected chi connectivity index (χ2v) is 6.66. The number of benzene rings is 2. The van der Waals surface area contributed by atoms with Crippen molar-refractivity contribution in [2.24, 2.45) is 0 Å². The monoisotopic (exact) mass is 434 g/mol. The number of carbonyl (C=O) groups excluding carboxylic acids is 1. The van der Waals surface area contributed by atoms with Crippen LogP contribution in [0, 0.1) is 5.82 Å². The van der Waals surface area contributed by atoms with Crippen LogP contribution in [0.4, 0.5) is 23.2 Å². The molecule has 1 heterocycles. The molecule has 2 aromatic carbocycles. The highest BCUT2D eigenvalue weighted by Crippen LogP contribution is 2.29. The van der Waals surface area contributed by atoms with Crippen molar-refractivity contribution in [2.75, 3.05) is 5.32 Å². The lowest BCUT2D eigenvalue weighted by atomic mass is 10.1. The normalized spacial score (nSPS) is 11.3. The van der Waals surface area contributed by atoms with Crippen molar-refractivity contribution in [1.29, 1.82) is 0 Å². The van der Waals surface area contributed by atoms with E-state index >= 15 is 0 Å². The number of nitrogens with zero attached hydrogens (tertiary/aromatic N) is 1. The third-order valence-electron chi connectivity index (χ3n) is 4.31. The average molecular weight is 434 g/mol. The average Bonchev–Trinajstić information content (AvgIpc) is 2.69. The van der Waals surface area contributed by atoms with Crippen molar-refractivity contribution >= 4 is 11.6 Å². The largest absolute Gasteiger partial charge is 0.573 e. The van der Waals surface area contributed by atoms with Crippen molar-refractivity contribution in [3.63, 3.8) is 0 Å². The van der Waals surface area contributed by atoms with Crippen molar-refractivity contribution < 1.29 is 27.1 Å². The van der Waals surface area contributed by atoms with Crippen LogP contribution in [-0.2, 0) is 4.79 Å². The summed E-state index contributed by atoms with van der Waals surface area (Å²) in [6.07, 6.45) is -2.52. The first kappa shape index (κ1) is 22.1. The van der Waals surface area contributed by atoms with Gasteiger partial charge >= 0.3 is 6.36 Å². The van der Waals surface area contributed by atoms with E-state index < -0.39 is 23.5 Å². The Morgan fingerprint density at radius 2 is 1.71 bits per heavy atom. The van der Waals surface area contributed by atoms with E-state index in [0.29, 0.717) is 17.5 Å². The molecule has 0 aliphatic rings. The van der Waals surface area contributed by atoms with Crippen LogP contribution in [-0.4, -0.2) is 16.8 Å². The highest BCUT2D eigenvalue weighted by atomic mass is 19.4. The number of pyridine rings is 1. The summed E-state index contributed by atoms with van der Waals surface area (Å²) < 4.78 is 55.5. The summed E-state index contributed by atoms with van der Waals surface area (Å²) in [5.74, 6) is -1.16. The van der Waals surface area contributed by atoms with Crippen LogP contribution < -0.4 is 15.6 Å². The maximum absolute atomic E-state index is 13.4. The number of aromatic nitrogens is 1. The number of anilines is 1. The van der Waals surface area contributed by atoms with E-state index in [2.05, 4.69) is 10.1 Å². The summed E-state index contributed by atoms with van der Waals surface area (Å²) in [7, 11) is 0. The van der Waals surface area contributed by atoms with Gasteiger partial charge in [0.1, 0.15) is 11.6 Å². The molecule has 0 aliphatic heterocycles. The van der Waals surface area contributed by atoms with Crippen LogP contribution in [0.3, 0.4) is 0 Å². The molecule has 31 heavy (non-hydrogen) atoms. The van der Waals surface area contributed by atoms with Gasteiger partial charge in [-0.2, -0.15) is 0 Å². The molecule has 5 nitrogen and oxygen atoms in total. The molecule has 0 atom stereocenters. The number of halogens is 4. The zero-order valence-electron chi connectivity index (χ0n) is 16.4. The minimum atomic E-state index is -4.83. The Kier molecular flexibility index (Phi) is 6.43. The first-order chi connectivity index (χ1) is 14.7. The third-order valence-corrected chi connectivity index (χ3v) is 4.31. The van der Waals surface area contributed by atoms with E-state index in [0.717, 1.165) is 12.1 Å². The summed E-state index contributed by atoms with van der Waals surface area (Å²) >= 11 is 0. The molecule has 9 heteroatoms. The third kappa shape index (κ3) is 5.71. The Labute approximate surface area is 174 Å². The predicted molar refractivity (Wildman–Crippen MR) is 108 cm³/mol. The lowest BCUT2D eigenvalue weighted by Gasteiger charge is -2.15. The Balaban J connectivity index is 2.05. The number of hydrogen-bond donors (Lipinski definition) is 1. The maximum Gasteiger partial charge on any atom is 0.573 e. The van der Waals surface area contributed by atoms with Crippen molar-refractivity contribution in [2.45, 2.75) is 26.1 Å². The van der Waals surface area contributed by atoms with E-state index in [1.54, 1.807) is 0 Å². The Morgan fingerprint density at radius 1 is 1.06 bits per heavy atom. The standard InChI is InChI=1S/C22H18F4N2O3/c1-2-3-20(29)27-19-12-21(30)28(13-18(19)14-4-6-15(23)7-5-14)16-8-10-17(11-9-16)31-22(24,25)26/h4-13H,2-3H2,1H3,(H,27,29). The molecule has 0 saturated heterocycles. The molecule has 1 N–H and O–H groups in total. The van der Waals surface area contributed by atoms with E-state index in [-0.39, 0.29) is 23.7 Å². The van der Waals surface area contributed by atoms with Gasteiger partial charge in [0.2, 0.25) is 5.91 Å². The van der Waals surface area contributed by atoms with Crippen molar-refractivity contribution in [1.82, 2.24) is 4.57 Å². The van der Waals surface area contributed by atoms with E-state index in [9.17, 15) is 27.2 Å². The van der Waals surface area contributed by atoms with Crippen molar-refractivity contribution in [3.8, 4) is 22.6 Å². The minimum absolute atomic E-state index is 0.253. The van der Waals surface area contributed by atoms with E-state index in [1.165, 1.54) is 53.2 Å². The highest BCUT2D eigenvalue weighted by molar-refractivity contribution is 5.95. The molecular weight excluding hydrogens is 416 g/mol. The fourth-order valence-corrected chi connectivity index (χ4v) is 2.95. The Morgan fingerprint density at radius 3 is 2.29 bits per heavy atom. The number of hydrogen-bond acceptors (Lipinski definition) is 3. The molecule has 0 radical (unpaired) electrons. The van der Waals surface area contributed by atoms with Gasteiger partial charge in [0, 0.05) is 29.9 Å². The van der Waals surface area contributed by atoms with Crippen LogP contribution >= 0.6 is 0 Å². The van der Waals surface area contributed by atoms with Crippen LogP contribution in [0.1, 0.15) is 19.8 Å². The predicted octanol–water partition coefficient (Wildman–Crippen LogP) is 5.28. The molecule has 3 rings (SSSR count). The fraction of sp³-hybridized carbons (Fsp3) is 0.182. The molecule has 0 spiro atoms. The molecule has 0 aliphatic carbocycles. The highest BCUT2D eigenvalue weighted by Gasteiger charge is 2.31. The molecule has 1 aromatic heterocycles. The summed E-state index contributed by atoms with van der Waals surface area (Å²) in [5, 5.41) is 2.69. The number of rotatable bonds is 6. The first-order valence-corrected chi connectivity index (χ1v) is 9.35. The second-order valence-electron chi connectivity index (χ2n) is 6.66. The number of amides is 1. The zero-order chi connectivity index (χ0) is 22.6. The van der Waals surface area contributed by atoms with Crippen molar-refractivity contribution in [3.05, 3.63) is 77.0 Å². The lowest BCUT2D eigenvalue weighted by Crippen LogP contribution is -2.21. The maximum atomic E-state index is 13.4. The van der Waals surface area contributed by atoms with Gasteiger partial charge in [-0.15, -0.1) is 13.2 Å². The topological polar surface area (TPSA) is 60.3 Å². The van der Waals surface area contributed by atoms with Gasteiger partial charge in [-0.3, -0.25) is 14.2 Å². The summed E-state index contributed by atoms with van der Waals surface area (Å²) in [4.78, 5) is 24.8. The van der Waals surface area contributed by atoms with Gasteiger partial charge in [-0.1, -0.05) is 19.1 Å². The quantitative estimate of drug-likeness (QED) is 0.537. The van der Waals surface area contributed by atoms with Gasteiger partial charge in [0.15, 0.2) is 0 Å². The zero-order valence-corrected chi connectivity index (χ0v) is 16.4. The smallest absolute Gasteiger partial charge is 0.406 e. The summed E-state index contributed by atoms with van der Waals surface area (Å²) in [6, 6.07) is 11.5. The summed E-state index contributed by atoms with van der Waals surface area (Å²) in [5.41, 5.74) is 1.01. The Hall–Kier alpha value is -3.62. The lowest BCUT2D eigenvalue weighted by molar-refractivity contribution is -0.274. The molecule has 162 valence electrons. The molecule has 3 aromatic rings. The van der Waals surface area contributed by atoms with Gasteiger partial charge in [-0.05, 0) is 48.4 Å². The number of alkyl halides is 3. The molecule has 0 unspecified atom stereocenters. The molecule has 1 amide bonds. The minimum Gasteiger partial charge on any atom is -0.406 e. The Bertz CT molecular complexity index is 1120. The van der Waals surface area contributed by atoms with Gasteiger partial charge < -0.3 is 10.1 Å². The SMILES string of the molecule is CCCC(=O)Nc1cc(=O)n(-c2ccc(OC(F)(F)F)cc2)cc1-c1ccc(F)cc1.